The summed E-state index contributed by atoms with van der Waals surface area (Å²) in [5.41, 5.74) is 0.804. The molecule has 2 aliphatic rings. The van der Waals surface area contributed by atoms with Crippen LogP contribution in [0.25, 0.3) is 0 Å². The highest BCUT2D eigenvalue weighted by Gasteiger charge is 2.51. The van der Waals surface area contributed by atoms with Gasteiger partial charge in [-0.2, -0.15) is 0 Å². The van der Waals surface area contributed by atoms with Crippen LogP contribution in [0.2, 0.25) is 0 Å². The van der Waals surface area contributed by atoms with E-state index >= 15 is 0 Å². The van der Waals surface area contributed by atoms with Gasteiger partial charge in [0, 0.05) is 5.92 Å². The highest BCUT2D eigenvalue weighted by atomic mass is 16.6. The lowest BCUT2D eigenvalue weighted by molar-refractivity contribution is -0.142. The standard InChI is InChI=1S/C15H21NO5/c1-2-3-9(17)4-5-10-11-6-13(12(11)7-14(10)18)16-21-8-15(19)20/h9-12,14,17-18H,2-3,6-8H2,1H3,(H,19,20)/b16-13-. The van der Waals surface area contributed by atoms with E-state index in [2.05, 4.69) is 17.0 Å². The number of oxime groups is 1. The lowest BCUT2D eigenvalue weighted by atomic mass is 9.71. The molecule has 6 heteroatoms. The second-order valence-corrected chi connectivity index (χ2v) is 5.65. The van der Waals surface area contributed by atoms with Gasteiger partial charge in [0.15, 0.2) is 0 Å². The van der Waals surface area contributed by atoms with Crippen LogP contribution in [-0.4, -0.2) is 45.8 Å². The molecular weight excluding hydrogens is 274 g/mol. The molecule has 2 fully saturated rings. The number of aliphatic hydroxyl groups excluding tert-OH is 2. The fourth-order valence-electron chi connectivity index (χ4n) is 3.02. The summed E-state index contributed by atoms with van der Waals surface area (Å²) in [6, 6.07) is 0. The van der Waals surface area contributed by atoms with Gasteiger partial charge in [0.1, 0.15) is 6.10 Å². The summed E-state index contributed by atoms with van der Waals surface area (Å²) in [4.78, 5) is 15.1. The van der Waals surface area contributed by atoms with Crippen LogP contribution >= 0.6 is 0 Å². The van der Waals surface area contributed by atoms with Gasteiger partial charge in [-0.3, -0.25) is 0 Å². The third kappa shape index (κ3) is 3.74. The first kappa shape index (κ1) is 15.8. The number of carbonyl (C=O) groups is 1. The zero-order chi connectivity index (χ0) is 15.4. The number of carboxylic acids is 1. The molecule has 0 saturated heterocycles. The van der Waals surface area contributed by atoms with Crippen LogP contribution < -0.4 is 0 Å². The first-order valence-corrected chi connectivity index (χ1v) is 7.30. The summed E-state index contributed by atoms with van der Waals surface area (Å²) in [5, 5.41) is 32.0. The average Bonchev–Trinajstić information content (AvgIpc) is 2.65. The van der Waals surface area contributed by atoms with Crippen molar-refractivity contribution in [3.05, 3.63) is 0 Å². The van der Waals surface area contributed by atoms with Crippen molar-refractivity contribution in [1.82, 2.24) is 0 Å². The molecule has 0 amide bonds. The fraction of sp³-hybridized carbons (Fsp3) is 0.733. The van der Waals surface area contributed by atoms with Crippen molar-refractivity contribution in [2.45, 2.75) is 44.8 Å². The summed E-state index contributed by atoms with van der Waals surface area (Å²) < 4.78 is 0. The second kappa shape index (κ2) is 6.92. The van der Waals surface area contributed by atoms with E-state index in [0.29, 0.717) is 19.3 Å². The molecule has 0 radical (unpaired) electrons. The summed E-state index contributed by atoms with van der Waals surface area (Å²) in [5.74, 6) is 4.97. The van der Waals surface area contributed by atoms with Crippen molar-refractivity contribution < 1.29 is 25.0 Å². The van der Waals surface area contributed by atoms with E-state index in [9.17, 15) is 15.0 Å². The number of aliphatic hydroxyl groups is 2. The van der Waals surface area contributed by atoms with Gasteiger partial charge in [0.2, 0.25) is 6.61 Å². The van der Waals surface area contributed by atoms with Crippen LogP contribution in [0.3, 0.4) is 0 Å². The number of carboxylic acid groups (broad SMARTS) is 1. The Morgan fingerprint density at radius 3 is 3.00 bits per heavy atom. The molecule has 0 aromatic carbocycles. The maximum Gasteiger partial charge on any atom is 0.344 e. The number of aliphatic carboxylic acids is 1. The predicted molar refractivity (Wildman–Crippen MR) is 75.4 cm³/mol. The number of hydrogen-bond donors (Lipinski definition) is 3. The fourth-order valence-corrected chi connectivity index (χ4v) is 3.02. The predicted octanol–water partition coefficient (Wildman–Crippen LogP) is 0.625. The highest BCUT2D eigenvalue weighted by Crippen LogP contribution is 2.48. The zero-order valence-electron chi connectivity index (χ0n) is 12.0. The van der Waals surface area contributed by atoms with Crippen LogP contribution in [0, 0.1) is 29.6 Å². The molecule has 116 valence electrons. The van der Waals surface area contributed by atoms with Crippen molar-refractivity contribution in [3.8, 4) is 11.8 Å². The Bertz CT molecular complexity index is 478. The number of rotatable bonds is 5. The molecule has 0 spiro atoms. The van der Waals surface area contributed by atoms with Gasteiger partial charge in [-0.1, -0.05) is 30.3 Å². The van der Waals surface area contributed by atoms with Crippen LogP contribution in [0.4, 0.5) is 0 Å². The summed E-state index contributed by atoms with van der Waals surface area (Å²) >= 11 is 0. The van der Waals surface area contributed by atoms with Gasteiger partial charge >= 0.3 is 5.97 Å². The molecule has 3 N–H and O–H groups in total. The van der Waals surface area contributed by atoms with E-state index in [4.69, 9.17) is 9.94 Å². The smallest absolute Gasteiger partial charge is 0.344 e. The topological polar surface area (TPSA) is 99.4 Å². The summed E-state index contributed by atoms with van der Waals surface area (Å²) in [6.45, 7) is 1.53. The number of fused-ring (bicyclic) bond motifs is 1. The van der Waals surface area contributed by atoms with E-state index in [1.54, 1.807) is 0 Å². The van der Waals surface area contributed by atoms with Gasteiger partial charge in [-0.25, -0.2) is 4.79 Å². The highest BCUT2D eigenvalue weighted by molar-refractivity contribution is 5.93. The minimum absolute atomic E-state index is 0.122. The molecule has 2 aliphatic carbocycles. The molecule has 21 heavy (non-hydrogen) atoms. The average molecular weight is 295 g/mol. The Morgan fingerprint density at radius 1 is 1.57 bits per heavy atom. The van der Waals surface area contributed by atoms with Crippen LogP contribution in [0.1, 0.15) is 32.6 Å². The Labute approximate surface area is 123 Å². The van der Waals surface area contributed by atoms with Crippen LogP contribution in [-0.2, 0) is 9.63 Å². The van der Waals surface area contributed by atoms with Crippen molar-refractivity contribution in [2.24, 2.45) is 22.9 Å². The quantitative estimate of drug-likeness (QED) is 0.510. The molecule has 0 aliphatic heterocycles. The van der Waals surface area contributed by atoms with Gasteiger partial charge in [0.05, 0.1) is 17.7 Å². The van der Waals surface area contributed by atoms with Gasteiger partial charge < -0.3 is 20.2 Å². The second-order valence-electron chi connectivity index (χ2n) is 5.65. The van der Waals surface area contributed by atoms with E-state index in [1.807, 2.05) is 6.92 Å². The third-order valence-electron chi connectivity index (χ3n) is 4.11. The third-order valence-corrected chi connectivity index (χ3v) is 4.11. The SMILES string of the molecule is CCCC(O)C#CC1C(O)CC2/C(=N\OCC(=O)O)CC21. The van der Waals surface area contributed by atoms with E-state index in [1.165, 1.54) is 0 Å². The first-order valence-electron chi connectivity index (χ1n) is 7.30. The van der Waals surface area contributed by atoms with E-state index in [0.717, 1.165) is 12.1 Å². The minimum Gasteiger partial charge on any atom is -0.479 e. The molecule has 5 atom stereocenters. The van der Waals surface area contributed by atoms with Gasteiger partial charge in [-0.05, 0) is 25.2 Å². The first-order chi connectivity index (χ1) is 10.0. The molecule has 0 bridgehead atoms. The van der Waals surface area contributed by atoms with Crippen LogP contribution in [0.5, 0.6) is 0 Å². The Balaban J connectivity index is 1.90. The number of hydrogen-bond acceptors (Lipinski definition) is 5. The molecule has 6 nitrogen and oxygen atoms in total. The zero-order valence-corrected chi connectivity index (χ0v) is 12.0. The normalized spacial score (nSPS) is 33.6. The van der Waals surface area contributed by atoms with Crippen molar-refractivity contribution in [2.75, 3.05) is 6.61 Å². The minimum atomic E-state index is -1.06. The molecule has 0 heterocycles. The van der Waals surface area contributed by atoms with Crippen molar-refractivity contribution in [1.29, 1.82) is 0 Å². The maximum atomic E-state index is 10.3. The molecule has 5 unspecified atom stereocenters. The summed E-state index contributed by atoms with van der Waals surface area (Å²) in [7, 11) is 0. The molecular formula is C15H21NO5. The molecule has 2 rings (SSSR count). The van der Waals surface area contributed by atoms with Crippen molar-refractivity contribution >= 4 is 11.7 Å². The number of nitrogens with zero attached hydrogens (tertiary/aromatic N) is 1. The maximum absolute atomic E-state index is 10.3. The summed E-state index contributed by atoms with van der Waals surface area (Å²) in [6.07, 6.45) is 1.60. The lowest BCUT2D eigenvalue weighted by Crippen LogP contribution is -2.36. The molecule has 2 saturated carbocycles. The lowest BCUT2D eigenvalue weighted by Gasteiger charge is -2.33. The largest absolute Gasteiger partial charge is 0.479 e. The monoisotopic (exact) mass is 295 g/mol. The van der Waals surface area contributed by atoms with E-state index < -0.39 is 24.8 Å². The van der Waals surface area contributed by atoms with E-state index in [-0.39, 0.29) is 17.8 Å². The Kier molecular flexibility index (Phi) is 5.21. The molecule has 0 aromatic rings. The van der Waals surface area contributed by atoms with Gasteiger partial charge in [-0.15, -0.1) is 0 Å². The van der Waals surface area contributed by atoms with Crippen molar-refractivity contribution in [3.63, 3.8) is 0 Å². The van der Waals surface area contributed by atoms with Gasteiger partial charge in [0.25, 0.3) is 0 Å². The van der Waals surface area contributed by atoms with Crippen LogP contribution in [0.15, 0.2) is 5.16 Å². The molecule has 0 aromatic heterocycles. The Hall–Kier alpha value is -1.58. The Morgan fingerprint density at radius 2 is 2.33 bits per heavy atom.